The Kier molecular flexibility index (Phi) is 4.17. The van der Waals surface area contributed by atoms with Crippen LogP contribution in [-0.2, 0) is 16.0 Å². The molecule has 1 atom stereocenters. The van der Waals surface area contributed by atoms with Crippen molar-refractivity contribution in [2.24, 2.45) is 0 Å². The maximum atomic E-state index is 5.33. The number of hydrogen-bond donors (Lipinski definition) is 0. The highest BCUT2D eigenvalue weighted by Crippen LogP contribution is 2.09. The van der Waals surface area contributed by atoms with Gasteiger partial charge in [-0.15, -0.1) is 0 Å². The molecule has 0 aromatic carbocycles. The topological polar surface area (TPSA) is 23.4 Å². The number of aryl methyl sites for hydroxylation is 2. The molecule has 1 heterocycles. The lowest BCUT2D eigenvalue weighted by Crippen LogP contribution is -2.24. The first kappa shape index (κ1) is 11.3. The van der Waals surface area contributed by atoms with Gasteiger partial charge in [-0.05, 0) is 26.0 Å². The molecular formula is C11H19NO2. The standard InChI is InChI=1S/C11H19NO2/c1-9-5-6-10(2)12(9)7-11(14-4)8-13-3/h5-6,11H,7-8H2,1-4H3. The van der Waals surface area contributed by atoms with Crippen LogP contribution in [-0.4, -0.2) is 31.5 Å². The highest BCUT2D eigenvalue weighted by atomic mass is 16.5. The minimum atomic E-state index is 0.129. The van der Waals surface area contributed by atoms with E-state index in [1.165, 1.54) is 11.4 Å². The lowest BCUT2D eigenvalue weighted by Gasteiger charge is -2.17. The zero-order chi connectivity index (χ0) is 10.6. The van der Waals surface area contributed by atoms with E-state index in [2.05, 4.69) is 30.5 Å². The van der Waals surface area contributed by atoms with E-state index in [0.29, 0.717) is 6.61 Å². The molecule has 0 radical (unpaired) electrons. The fourth-order valence-corrected chi connectivity index (χ4v) is 1.57. The van der Waals surface area contributed by atoms with Crippen molar-refractivity contribution in [3.05, 3.63) is 23.5 Å². The lowest BCUT2D eigenvalue weighted by atomic mass is 10.3. The first-order valence-corrected chi connectivity index (χ1v) is 4.83. The van der Waals surface area contributed by atoms with Gasteiger partial charge >= 0.3 is 0 Å². The number of aromatic nitrogens is 1. The number of nitrogens with zero attached hydrogens (tertiary/aromatic N) is 1. The van der Waals surface area contributed by atoms with Crippen LogP contribution in [0.1, 0.15) is 11.4 Å². The van der Waals surface area contributed by atoms with Crippen LogP contribution < -0.4 is 0 Å². The molecule has 1 aromatic rings. The van der Waals surface area contributed by atoms with Crippen molar-refractivity contribution < 1.29 is 9.47 Å². The first-order valence-electron chi connectivity index (χ1n) is 4.83. The Balaban J connectivity index is 2.66. The van der Waals surface area contributed by atoms with E-state index in [4.69, 9.17) is 9.47 Å². The van der Waals surface area contributed by atoms with Crippen LogP contribution >= 0.6 is 0 Å². The summed E-state index contributed by atoms with van der Waals surface area (Å²) in [5, 5.41) is 0. The Morgan fingerprint density at radius 3 is 2.21 bits per heavy atom. The second-order valence-electron chi connectivity index (χ2n) is 3.54. The molecule has 3 heteroatoms. The van der Waals surface area contributed by atoms with E-state index >= 15 is 0 Å². The summed E-state index contributed by atoms with van der Waals surface area (Å²) in [6.07, 6.45) is 0.129. The quantitative estimate of drug-likeness (QED) is 0.718. The van der Waals surface area contributed by atoms with Gasteiger partial charge in [-0.1, -0.05) is 0 Å². The Morgan fingerprint density at radius 1 is 1.21 bits per heavy atom. The van der Waals surface area contributed by atoms with Gasteiger partial charge in [0.1, 0.15) is 0 Å². The summed E-state index contributed by atoms with van der Waals surface area (Å²) in [5.41, 5.74) is 2.53. The van der Waals surface area contributed by atoms with Crippen LogP contribution in [0.15, 0.2) is 12.1 Å². The van der Waals surface area contributed by atoms with Gasteiger partial charge in [0.05, 0.1) is 19.3 Å². The van der Waals surface area contributed by atoms with Crippen molar-refractivity contribution in [2.75, 3.05) is 20.8 Å². The van der Waals surface area contributed by atoms with Gasteiger partial charge in [-0.3, -0.25) is 0 Å². The molecule has 1 unspecified atom stereocenters. The predicted octanol–water partition coefficient (Wildman–Crippen LogP) is 1.77. The maximum absolute atomic E-state index is 5.33. The van der Waals surface area contributed by atoms with Crippen molar-refractivity contribution in [3.8, 4) is 0 Å². The van der Waals surface area contributed by atoms with E-state index in [1.807, 2.05) is 0 Å². The minimum absolute atomic E-state index is 0.129. The molecule has 14 heavy (non-hydrogen) atoms. The number of ether oxygens (including phenoxy) is 2. The van der Waals surface area contributed by atoms with Crippen LogP contribution in [0.5, 0.6) is 0 Å². The normalized spacial score (nSPS) is 13.1. The van der Waals surface area contributed by atoms with E-state index in [0.717, 1.165) is 6.54 Å². The fourth-order valence-electron chi connectivity index (χ4n) is 1.57. The molecule has 80 valence electrons. The Hall–Kier alpha value is -0.800. The monoisotopic (exact) mass is 197 g/mol. The summed E-state index contributed by atoms with van der Waals surface area (Å²) in [6, 6.07) is 4.24. The third-order valence-electron chi connectivity index (χ3n) is 2.49. The minimum Gasteiger partial charge on any atom is -0.382 e. The Labute approximate surface area is 85.6 Å². The second kappa shape index (κ2) is 5.17. The third kappa shape index (κ3) is 2.59. The van der Waals surface area contributed by atoms with Crippen LogP contribution in [0.3, 0.4) is 0 Å². The SMILES string of the molecule is COCC(Cn1c(C)ccc1C)OC. The maximum Gasteiger partial charge on any atom is 0.0982 e. The summed E-state index contributed by atoms with van der Waals surface area (Å²) in [4.78, 5) is 0. The highest BCUT2D eigenvalue weighted by Gasteiger charge is 2.10. The first-order chi connectivity index (χ1) is 6.69. The van der Waals surface area contributed by atoms with Gasteiger partial charge in [-0.2, -0.15) is 0 Å². The van der Waals surface area contributed by atoms with Gasteiger partial charge in [0.15, 0.2) is 0 Å². The largest absolute Gasteiger partial charge is 0.382 e. The number of methoxy groups -OCH3 is 2. The fraction of sp³-hybridized carbons (Fsp3) is 0.636. The van der Waals surface area contributed by atoms with Gasteiger partial charge in [0, 0.05) is 25.6 Å². The molecule has 0 saturated carbocycles. The smallest absolute Gasteiger partial charge is 0.0982 e. The Morgan fingerprint density at radius 2 is 1.79 bits per heavy atom. The van der Waals surface area contributed by atoms with Crippen LogP contribution in [0.4, 0.5) is 0 Å². The third-order valence-corrected chi connectivity index (χ3v) is 2.49. The van der Waals surface area contributed by atoms with Crippen molar-refractivity contribution >= 4 is 0 Å². The van der Waals surface area contributed by atoms with Crippen molar-refractivity contribution in [1.29, 1.82) is 0 Å². The molecule has 1 aromatic heterocycles. The van der Waals surface area contributed by atoms with Crippen LogP contribution in [0.25, 0.3) is 0 Å². The highest BCUT2D eigenvalue weighted by molar-refractivity contribution is 5.13. The predicted molar refractivity (Wildman–Crippen MR) is 56.6 cm³/mol. The summed E-state index contributed by atoms with van der Waals surface area (Å²) < 4.78 is 12.7. The van der Waals surface area contributed by atoms with Gasteiger partial charge < -0.3 is 14.0 Å². The molecule has 3 nitrogen and oxygen atoms in total. The molecule has 1 rings (SSSR count). The molecule has 0 aliphatic carbocycles. The molecule has 0 saturated heterocycles. The average molecular weight is 197 g/mol. The molecular weight excluding hydrogens is 178 g/mol. The Bertz CT molecular complexity index is 261. The van der Waals surface area contributed by atoms with Crippen molar-refractivity contribution in [3.63, 3.8) is 0 Å². The van der Waals surface area contributed by atoms with Crippen molar-refractivity contribution in [1.82, 2.24) is 4.57 Å². The summed E-state index contributed by atoms with van der Waals surface area (Å²) >= 11 is 0. The number of rotatable bonds is 5. The summed E-state index contributed by atoms with van der Waals surface area (Å²) in [7, 11) is 3.42. The van der Waals surface area contributed by atoms with E-state index in [-0.39, 0.29) is 6.10 Å². The summed E-state index contributed by atoms with van der Waals surface area (Å²) in [6.45, 7) is 5.70. The molecule has 0 bridgehead atoms. The van der Waals surface area contributed by atoms with Gasteiger partial charge in [0.25, 0.3) is 0 Å². The van der Waals surface area contributed by atoms with Gasteiger partial charge in [-0.25, -0.2) is 0 Å². The molecule has 0 spiro atoms. The second-order valence-corrected chi connectivity index (χ2v) is 3.54. The van der Waals surface area contributed by atoms with E-state index in [1.54, 1.807) is 14.2 Å². The van der Waals surface area contributed by atoms with Crippen LogP contribution in [0.2, 0.25) is 0 Å². The average Bonchev–Trinajstić information content (AvgIpc) is 2.48. The number of hydrogen-bond acceptors (Lipinski definition) is 2. The molecule has 0 N–H and O–H groups in total. The van der Waals surface area contributed by atoms with E-state index in [9.17, 15) is 0 Å². The molecule has 0 amide bonds. The molecule has 0 aliphatic heterocycles. The molecule has 0 aliphatic rings. The van der Waals surface area contributed by atoms with Crippen molar-refractivity contribution in [2.45, 2.75) is 26.5 Å². The molecule has 0 fully saturated rings. The zero-order valence-corrected chi connectivity index (χ0v) is 9.41. The zero-order valence-electron chi connectivity index (χ0n) is 9.41. The lowest BCUT2D eigenvalue weighted by molar-refractivity contribution is 0.0178. The van der Waals surface area contributed by atoms with E-state index < -0.39 is 0 Å². The summed E-state index contributed by atoms with van der Waals surface area (Å²) in [5.74, 6) is 0. The van der Waals surface area contributed by atoms with Gasteiger partial charge in [0.2, 0.25) is 0 Å². The van der Waals surface area contributed by atoms with Crippen LogP contribution in [0, 0.1) is 13.8 Å².